The molecular formula is C38H48N8O3S. The van der Waals surface area contributed by atoms with E-state index < -0.39 is 14.8 Å². The Kier molecular flexibility index (Phi) is 7.80. The lowest BCUT2D eigenvalue weighted by Gasteiger charge is -2.45. The Morgan fingerprint density at radius 3 is 2.54 bits per heavy atom. The number of fused-ring (bicyclic) bond motifs is 2. The molecule has 2 atom stereocenters. The van der Waals surface area contributed by atoms with Gasteiger partial charge in [-0.05, 0) is 52.5 Å². The van der Waals surface area contributed by atoms with Gasteiger partial charge in [0.25, 0.3) is 10.0 Å². The third-order valence-corrected chi connectivity index (χ3v) is 13.4. The summed E-state index contributed by atoms with van der Waals surface area (Å²) in [6, 6.07) is 7.96. The van der Waals surface area contributed by atoms with Crippen LogP contribution in [0.5, 0.6) is 0 Å². The summed E-state index contributed by atoms with van der Waals surface area (Å²) < 4.78 is 36.6. The lowest BCUT2D eigenvalue weighted by molar-refractivity contribution is -0.00647. The first-order valence-corrected chi connectivity index (χ1v) is 19.3. The van der Waals surface area contributed by atoms with Crippen molar-refractivity contribution in [3.05, 3.63) is 70.7 Å². The van der Waals surface area contributed by atoms with E-state index in [1.165, 1.54) is 22.6 Å². The van der Waals surface area contributed by atoms with Gasteiger partial charge in [0.15, 0.2) is 5.82 Å². The van der Waals surface area contributed by atoms with E-state index in [-0.39, 0.29) is 11.5 Å². The molecule has 8 rings (SSSR count). The molecule has 0 radical (unpaired) electrons. The van der Waals surface area contributed by atoms with Crippen molar-refractivity contribution in [2.24, 2.45) is 12.5 Å². The Hall–Kier alpha value is -4.03. The van der Waals surface area contributed by atoms with Crippen LogP contribution in [-0.4, -0.2) is 74.9 Å². The molecule has 4 aromatic rings. The summed E-state index contributed by atoms with van der Waals surface area (Å²) in [5.41, 5.74) is 6.57. The van der Waals surface area contributed by atoms with Gasteiger partial charge in [-0.3, -0.25) is 4.68 Å². The third-order valence-electron chi connectivity index (χ3n) is 11.2. The average Bonchev–Trinajstić information content (AvgIpc) is 3.70. The number of benzene rings is 1. The number of hydrogen-bond acceptors (Lipinski definition) is 9. The number of anilines is 2. The molecule has 5 heterocycles. The largest absolute Gasteiger partial charge is 0.381 e. The van der Waals surface area contributed by atoms with Crippen LogP contribution in [0, 0.1) is 5.41 Å². The van der Waals surface area contributed by atoms with Crippen molar-refractivity contribution in [3.63, 3.8) is 0 Å². The minimum absolute atomic E-state index is 0.0777. The van der Waals surface area contributed by atoms with Gasteiger partial charge in [-0.1, -0.05) is 49.3 Å². The Balaban J connectivity index is 1.22. The molecule has 4 aliphatic rings. The number of nitrogens with zero attached hydrogens (tertiary/aromatic N) is 8. The van der Waals surface area contributed by atoms with Crippen molar-refractivity contribution < 1.29 is 13.2 Å². The van der Waals surface area contributed by atoms with Gasteiger partial charge < -0.3 is 14.5 Å². The quantitative estimate of drug-likeness (QED) is 0.225. The van der Waals surface area contributed by atoms with Crippen molar-refractivity contribution in [2.45, 2.75) is 90.0 Å². The topological polar surface area (TPSA) is 111 Å². The van der Waals surface area contributed by atoms with Gasteiger partial charge in [0.1, 0.15) is 16.4 Å². The van der Waals surface area contributed by atoms with Crippen LogP contribution in [0.4, 0.5) is 11.6 Å². The molecular weight excluding hydrogens is 649 g/mol. The molecule has 1 unspecified atom stereocenters. The van der Waals surface area contributed by atoms with E-state index in [1.807, 2.05) is 55.9 Å². The van der Waals surface area contributed by atoms with Gasteiger partial charge in [-0.15, -0.1) is 0 Å². The molecule has 0 N–H and O–H groups in total. The summed E-state index contributed by atoms with van der Waals surface area (Å²) >= 11 is 0. The molecule has 1 saturated heterocycles. The highest BCUT2D eigenvalue weighted by atomic mass is 32.2. The van der Waals surface area contributed by atoms with Crippen LogP contribution >= 0.6 is 0 Å². The zero-order chi connectivity index (χ0) is 35.2. The van der Waals surface area contributed by atoms with E-state index >= 15 is 0 Å². The Morgan fingerprint density at radius 1 is 1.02 bits per heavy atom. The summed E-state index contributed by atoms with van der Waals surface area (Å²) in [6.45, 7) is 13.4. The van der Waals surface area contributed by atoms with E-state index in [1.54, 1.807) is 20.2 Å². The first kappa shape index (κ1) is 33.1. The summed E-state index contributed by atoms with van der Waals surface area (Å²) in [4.78, 5) is 15.4. The fraction of sp³-hybridized carbons (Fsp3) is 0.526. The van der Waals surface area contributed by atoms with Crippen LogP contribution in [0.3, 0.4) is 0 Å². The molecule has 2 aliphatic heterocycles. The molecule has 1 aromatic carbocycles. The van der Waals surface area contributed by atoms with Gasteiger partial charge in [0.2, 0.25) is 0 Å². The van der Waals surface area contributed by atoms with Crippen molar-refractivity contribution in [1.29, 1.82) is 0 Å². The molecule has 0 spiro atoms. The second-order valence-electron chi connectivity index (χ2n) is 15.8. The monoisotopic (exact) mass is 696 g/mol. The maximum atomic E-state index is 14.3. The number of rotatable bonds is 7. The molecule has 0 amide bonds. The maximum Gasteiger partial charge on any atom is 0.263 e. The molecule has 2 aliphatic carbocycles. The molecule has 11 nitrogen and oxygen atoms in total. The number of aryl methyl sites for hydroxylation is 1. The number of aromatic nitrogens is 6. The molecule has 50 heavy (non-hydrogen) atoms. The Bertz CT molecular complexity index is 2180. The fourth-order valence-electron chi connectivity index (χ4n) is 8.63. The number of methoxy groups -OCH3 is 1. The highest BCUT2D eigenvalue weighted by Crippen LogP contribution is 2.42. The highest BCUT2D eigenvalue weighted by Gasteiger charge is 2.42. The second-order valence-corrected chi connectivity index (χ2v) is 18.0. The summed E-state index contributed by atoms with van der Waals surface area (Å²) in [5, 5.41) is 10.1. The fourth-order valence-corrected chi connectivity index (χ4v) is 10.4. The van der Waals surface area contributed by atoms with Crippen molar-refractivity contribution in [1.82, 2.24) is 28.9 Å². The van der Waals surface area contributed by atoms with Crippen molar-refractivity contribution >= 4 is 32.6 Å². The molecule has 12 heteroatoms. The zero-order valence-corrected chi connectivity index (χ0v) is 31.1. The standard InChI is InChI=1S/C38H48N8O3S/c1-24-17-25(2)20-38(5,19-24)50(47,48)46-32-10-8-9-27(28(32)21-39-46)35-40-30-13-15-44(34-18-31(26-11-12-26)42-43(34)6)22-29(30)36(41-35)45-16-14-33(49-7)37(3,4)23-45/h8-10,17-19,21,26,33H,11-16,20,22-23H2,1-7H3/t33-,38?/m1/s1. The first-order chi connectivity index (χ1) is 23.8. The SMILES string of the molecule is CO[C@@H]1CCN(c2nc(-c3cccc4c3cnn4S(=O)(=O)C3(C)C=C(C)C=C(C)C3)nc3c2CN(c2cc(C4CC4)nn2C)CC3)CC1(C)C. The van der Waals surface area contributed by atoms with Crippen molar-refractivity contribution in [2.75, 3.05) is 36.5 Å². The summed E-state index contributed by atoms with van der Waals surface area (Å²) in [6.07, 6.45) is 10.2. The number of allylic oxidation sites excluding steroid dienone is 3. The van der Waals surface area contributed by atoms with E-state index in [2.05, 4.69) is 34.8 Å². The van der Waals surface area contributed by atoms with Gasteiger partial charge in [0.05, 0.1) is 29.2 Å². The van der Waals surface area contributed by atoms with Crippen LogP contribution < -0.4 is 9.80 Å². The minimum Gasteiger partial charge on any atom is -0.381 e. The van der Waals surface area contributed by atoms with Gasteiger partial charge in [-0.25, -0.2) is 18.4 Å². The summed E-state index contributed by atoms with van der Waals surface area (Å²) in [7, 11) is -0.0443. The predicted molar refractivity (Wildman–Crippen MR) is 197 cm³/mol. The van der Waals surface area contributed by atoms with Crippen molar-refractivity contribution in [3.8, 4) is 11.4 Å². The van der Waals surface area contributed by atoms with E-state index in [0.717, 1.165) is 72.1 Å². The van der Waals surface area contributed by atoms with Crippen LogP contribution in [0.1, 0.15) is 83.2 Å². The third kappa shape index (κ3) is 5.46. The lowest BCUT2D eigenvalue weighted by Crippen LogP contribution is -2.50. The molecule has 1 saturated carbocycles. The Labute approximate surface area is 295 Å². The molecule has 264 valence electrons. The van der Waals surface area contributed by atoms with Crippen LogP contribution in [-0.2, 0) is 34.8 Å². The number of ether oxygens (including phenoxy) is 1. The van der Waals surface area contributed by atoms with Crippen LogP contribution in [0.15, 0.2) is 53.8 Å². The second kappa shape index (κ2) is 11.8. The van der Waals surface area contributed by atoms with Crippen LogP contribution in [0.2, 0.25) is 0 Å². The number of hydrogen-bond donors (Lipinski definition) is 0. The minimum atomic E-state index is -3.89. The van der Waals surface area contributed by atoms with Gasteiger partial charge >= 0.3 is 0 Å². The van der Waals surface area contributed by atoms with E-state index in [4.69, 9.17) is 19.8 Å². The number of piperidine rings is 1. The van der Waals surface area contributed by atoms with Crippen LogP contribution in [0.25, 0.3) is 22.3 Å². The highest BCUT2D eigenvalue weighted by molar-refractivity contribution is 7.91. The normalized spacial score (nSPS) is 23.9. The maximum absolute atomic E-state index is 14.3. The first-order valence-electron chi connectivity index (χ1n) is 17.8. The Morgan fingerprint density at radius 2 is 1.82 bits per heavy atom. The van der Waals surface area contributed by atoms with E-state index in [0.29, 0.717) is 35.6 Å². The van der Waals surface area contributed by atoms with E-state index in [9.17, 15) is 8.42 Å². The van der Waals surface area contributed by atoms with Gasteiger partial charge in [0, 0.05) is 80.7 Å². The average molecular weight is 697 g/mol. The lowest BCUT2D eigenvalue weighted by atomic mass is 9.81. The van der Waals surface area contributed by atoms with Gasteiger partial charge in [-0.2, -0.15) is 14.3 Å². The molecule has 2 fully saturated rings. The summed E-state index contributed by atoms with van der Waals surface area (Å²) in [5.74, 6) is 3.26. The molecule has 0 bridgehead atoms. The smallest absolute Gasteiger partial charge is 0.263 e. The molecule has 3 aromatic heterocycles. The predicted octanol–water partition coefficient (Wildman–Crippen LogP) is 6.15. The zero-order valence-electron chi connectivity index (χ0n) is 30.3.